The van der Waals surface area contributed by atoms with Gasteiger partial charge in [0, 0.05) is 29.9 Å². The molecule has 1 aromatic carbocycles. The van der Waals surface area contributed by atoms with Crippen LogP contribution in [0.3, 0.4) is 0 Å². The molecule has 1 atom stereocenters. The number of ether oxygens (including phenoxy) is 2. The number of benzene rings is 1. The van der Waals surface area contributed by atoms with Crippen molar-refractivity contribution in [2.75, 3.05) is 27.0 Å². The lowest BCUT2D eigenvalue weighted by Crippen LogP contribution is -2.28. The maximum atomic E-state index is 12.3. The highest BCUT2D eigenvalue weighted by Crippen LogP contribution is 2.29. The van der Waals surface area contributed by atoms with E-state index in [1.807, 2.05) is 20.1 Å². The molecule has 2 N–H and O–H groups in total. The van der Waals surface area contributed by atoms with Crippen LogP contribution < -0.4 is 14.8 Å². The van der Waals surface area contributed by atoms with Crippen molar-refractivity contribution in [3.05, 3.63) is 40.7 Å². The fourth-order valence-corrected chi connectivity index (χ4v) is 3.37. The number of hydrogen-bond donors (Lipinski definition) is 2. The van der Waals surface area contributed by atoms with Crippen LogP contribution in [0.5, 0.6) is 11.5 Å². The maximum absolute atomic E-state index is 12.3. The van der Waals surface area contributed by atoms with Crippen LogP contribution in [0.15, 0.2) is 23.4 Å². The summed E-state index contributed by atoms with van der Waals surface area (Å²) in [5, 5.41) is 14.0. The summed E-state index contributed by atoms with van der Waals surface area (Å²) in [5.74, 6) is 1.01. The number of amides is 1. The van der Waals surface area contributed by atoms with Crippen LogP contribution in [-0.4, -0.2) is 48.0 Å². The Kier molecular flexibility index (Phi) is 8.07. The number of rotatable bonds is 9. The van der Waals surface area contributed by atoms with Crippen LogP contribution in [0.1, 0.15) is 35.0 Å². The lowest BCUT2D eigenvalue weighted by atomic mass is 10.1. The van der Waals surface area contributed by atoms with Gasteiger partial charge in [-0.3, -0.25) is 4.79 Å². The van der Waals surface area contributed by atoms with Crippen molar-refractivity contribution in [2.45, 2.75) is 37.9 Å². The number of hydrogen-bond acceptors (Lipinski definition) is 7. The number of aliphatic hydroxyl groups excluding tert-OH is 1. The van der Waals surface area contributed by atoms with Crippen molar-refractivity contribution in [1.29, 1.82) is 0 Å². The van der Waals surface area contributed by atoms with Gasteiger partial charge in [-0.2, -0.15) is 0 Å². The maximum Gasteiger partial charge on any atom is 0.220 e. The summed E-state index contributed by atoms with van der Waals surface area (Å²) in [6.07, 6.45) is 1.88. The zero-order valence-electron chi connectivity index (χ0n) is 16.9. The number of nitrogens with one attached hydrogen (secondary N) is 1. The number of thioether (sulfide) groups is 1. The number of aromatic nitrogens is 2. The Morgan fingerprint density at radius 3 is 2.46 bits per heavy atom. The zero-order valence-corrected chi connectivity index (χ0v) is 17.7. The van der Waals surface area contributed by atoms with Crippen molar-refractivity contribution >= 4 is 17.7 Å². The third kappa shape index (κ3) is 5.59. The minimum absolute atomic E-state index is 0.0856. The van der Waals surface area contributed by atoms with Gasteiger partial charge in [-0.15, -0.1) is 0 Å². The summed E-state index contributed by atoms with van der Waals surface area (Å²) < 4.78 is 10.5. The number of carbonyl (C=O) groups is 1. The molecule has 0 saturated heterocycles. The molecule has 0 aliphatic carbocycles. The van der Waals surface area contributed by atoms with Gasteiger partial charge in [0.15, 0.2) is 5.16 Å². The molecule has 2 rings (SSSR count). The van der Waals surface area contributed by atoms with Crippen molar-refractivity contribution in [2.24, 2.45) is 0 Å². The Morgan fingerprint density at radius 1 is 1.21 bits per heavy atom. The van der Waals surface area contributed by atoms with Crippen molar-refractivity contribution in [1.82, 2.24) is 15.3 Å². The zero-order chi connectivity index (χ0) is 20.7. The molecule has 1 amide bonds. The first-order valence-electron chi connectivity index (χ1n) is 8.94. The quantitative estimate of drug-likeness (QED) is 0.489. The molecule has 1 unspecified atom stereocenters. The fourth-order valence-electron chi connectivity index (χ4n) is 2.91. The molecule has 8 heteroatoms. The highest BCUT2D eigenvalue weighted by Gasteiger charge is 2.16. The van der Waals surface area contributed by atoms with Gasteiger partial charge in [0.05, 0.1) is 20.3 Å². The van der Waals surface area contributed by atoms with Crippen molar-refractivity contribution in [3.8, 4) is 11.5 Å². The minimum atomic E-state index is -0.901. The number of aryl methyl sites for hydroxylation is 2. The third-order valence-corrected chi connectivity index (χ3v) is 5.02. The molecule has 0 spiro atoms. The van der Waals surface area contributed by atoms with E-state index in [2.05, 4.69) is 15.3 Å². The van der Waals surface area contributed by atoms with Gasteiger partial charge in [0.25, 0.3) is 0 Å². The average molecular weight is 406 g/mol. The Hall–Kier alpha value is -2.32. The number of nitrogens with zero attached hydrogens (tertiary/aromatic N) is 2. The van der Waals surface area contributed by atoms with Gasteiger partial charge in [0.1, 0.15) is 11.5 Å². The SMILES string of the molecule is COc1ccc(OC)c(C(O)CNC(=O)CCc2c(C)nc(SC)nc2C)c1. The standard InChI is InChI=1S/C20H27N3O4S/c1-12-15(13(2)23-20(22-12)28-5)7-9-19(25)21-11-17(24)16-10-14(26-3)6-8-18(16)27-4/h6,8,10,17,24H,7,9,11H2,1-5H3,(H,21,25). The number of methoxy groups -OCH3 is 2. The second-order valence-corrected chi connectivity index (χ2v) is 7.06. The van der Waals surface area contributed by atoms with E-state index in [4.69, 9.17) is 9.47 Å². The van der Waals surface area contributed by atoms with Gasteiger partial charge in [-0.25, -0.2) is 9.97 Å². The van der Waals surface area contributed by atoms with E-state index in [-0.39, 0.29) is 12.5 Å². The van der Waals surface area contributed by atoms with E-state index in [0.29, 0.717) is 29.9 Å². The summed E-state index contributed by atoms with van der Waals surface area (Å²) >= 11 is 1.50. The average Bonchev–Trinajstić information content (AvgIpc) is 2.70. The highest BCUT2D eigenvalue weighted by atomic mass is 32.2. The molecule has 0 radical (unpaired) electrons. The molecule has 2 aromatic rings. The molecule has 0 aliphatic rings. The predicted octanol–water partition coefficient (Wildman–Crippen LogP) is 2.61. The first-order valence-corrected chi connectivity index (χ1v) is 10.2. The van der Waals surface area contributed by atoms with Crippen molar-refractivity contribution < 1.29 is 19.4 Å². The molecular weight excluding hydrogens is 378 g/mol. The van der Waals surface area contributed by atoms with E-state index in [9.17, 15) is 9.90 Å². The molecule has 1 aromatic heterocycles. The topological polar surface area (TPSA) is 93.6 Å². The molecule has 0 bridgehead atoms. The van der Waals surface area contributed by atoms with Crippen LogP contribution >= 0.6 is 11.8 Å². The molecule has 152 valence electrons. The van der Waals surface area contributed by atoms with E-state index in [1.54, 1.807) is 25.3 Å². The first-order chi connectivity index (χ1) is 13.4. The van der Waals surface area contributed by atoms with Crippen LogP contribution in [0, 0.1) is 13.8 Å². The molecule has 0 fully saturated rings. The molecule has 0 saturated carbocycles. The number of aliphatic hydroxyl groups is 1. The minimum Gasteiger partial charge on any atom is -0.497 e. The summed E-state index contributed by atoms with van der Waals surface area (Å²) in [5.41, 5.74) is 3.34. The largest absolute Gasteiger partial charge is 0.497 e. The molecule has 7 nitrogen and oxygen atoms in total. The lowest BCUT2D eigenvalue weighted by Gasteiger charge is -2.17. The van der Waals surface area contributed by atoms with Gasteiger partial charge < -0.3 is 19.9 Å². The Morgan fingerprint density at radius 2 is 1.89 bits per heavy atom. The van der Waals surface area contributed by atoms with E-state index < -0.39 is 6.10 Å². The Balaban J connectivity index is 1.94. The van der Waals surface area contributed by atoms with Crippen LogP contribution in [0.2, 0.25) is 0 Å². The highest BCUT2D eigenvalue weighted by molar-refractivity contribution is 7.98. The number of carbonyl (C=O) groups excluding carboxylic acids is 1. The van der Waals surface area contributed by atoms with E-state index in [1.165, 1.54) is 18.9 Å². The molecular formula is C20H27N3O4S. The smallest absolute Gasteiger partial charge is 0.220 e. The Bertz CT molecular complexity index is 806. The van der Waals surface area contributed by atoms with Gasteiger partial charge >= 0.3 is 0 Å². The van der Waals surface area contributed by atoms with Crippen LogP contribution in [0.25, 0.3) is 0 Å². The normalized spacial score (nSPS) is 11.8. The second-order valence-electron chi connectivity index (χ2n) is 6.29. The summed E-state index contributed by atoms with van der Waals surface area (Å²) in [7, 11) is 3.09. The lowest BCUT2D eigenvalue weighted by molar-refractivity contribution is -0.121. The van der Waals surface area contributed by atoms with E-state index >= 15 is 0 Å². The monoisotopic (exact) mass is 405 g/mol. The molecule has 1 heterocycles. The van der Waals surface area contributed by atoms with Gasteiger partial charge in [-0.1, -0.05) is 11.8 Å². The second kappa shape index (κ2) is 10.3. The third-order valence-electron chi connectivity index (χ3n) is 4.47. The summed E-state index contributed by atoms with van der Waals surface area (Å²) in [4.78, 5) is 21.1. The molecule has 0 aliphatic heterocycles. The van der Waals surface area contributed by atoms with Crippen LogP contribution in [0.4, 0.5) is 0 Å². The fraction of sp³-hybridized carbons (Fsp3) is 0.450. The Labute approximate surface area is 169 Å². The van der Waals surface area contributed by atoms with E-state index in [0.717, 1.165) is 22.1 Å². The van der Waals surface area contributed by atoms with Gasteiger partial charge in [-0.05, 0) is 50.3 Å². The first kappa shape index (κ1) is 22.0. The van der Waals surface area contributed by atoms with Gasteiger partial charge in [0.2, 0.25) is 5.91 Å². The summed E-state index contributed by atoms with van der Waals surface area (Å²) in [6.45, 7) is 3.95. The summed E-state index contributed by atoms with van der Waals surface area (Å²) in [6, 6.07) is 5.18. The molecule has 28 heavy (non-hydrogen) atoms. The van der Waals surface area contributed by atoms with Crippen molar-refractivity contribution in [3.63, 3.8) is 0 Å². The predicted molar refractivity (Wildman–Crippen MR) is 109 cm³/mol. The van der Waals surface area contributed by atoms with Crippen LogP contribution in [-0.2, 0) is 11.2 Å².